The highest BCUT2D eigenvalue weighted by Crippen LogP contribution is 2.45. The Kier molecular flexibility index (Phi) is 3.93. The molecule has 0 aliphatic rings. The zero-order chi connectivity index (χ0) is 14.0. The van der Waals surface area contributed by atoms with Gasteiger partial charge in [0.05, 0.1) is 0 Å². The molecule has 1 aromatic rings. The third-order valence-electron chi connectivity index (χ3n) is 2.32. The van der Waals surface area contributed by atoms with Crippen molar-refractivity contribution in [1.82, 2.24) is 0 Å². The maximum Gasteiger partial charge on any atom is 0.458 e. The zero-order valence-corrected chi connectivity index (χ0v) is 8.97. The molecule has 0 aliphatic heterocycles. The van der Waals surface area contributed by atoms with Crippen LogP contribution >= 0.6 is 0 Å². The molecule has 1 N–H and O–H groups in total. The lowest BCUT2D eigenvalue weighted by atomic mass is 9.97. The van der Waals surface area contributed by atoms with Crippen molar-refractivity contribution in [3.05, 3.63) is 35.4 Å². The van der Waals surface area contributed by atoms with Crippen LogP contribution in [0.15, 0.2) is 24.3 Å². The Bertz CT molecular complexity index is 439. The van der Waals surface area contributed by atoms with Gasteiger partial charge in [0.2, 0.25) is 0 Å². The van der Waals surface area contributed by atoms with Gasteiger partial charge in [-0.2, -0.15) is 22.0 Å². The lowest BCUT2D eigenvalue weighted by Crippen LogP contribution is -2.34. The minimum atomic E-state index is -5.70. The Labute approximate surface area is 99.0 Å². The van der Waals surface area contributed by atoms with Crippen molar-refractivity contribution < 1.29 is 31.9 Å². The minimum Gasteiger partial charge on any atom is -0.481 e. The molecule has 7 heteroatoms. The molecule has 0 aromatic heterocycles. The minimum absolute atomic E-state index is 0.317. The van der Waals surface area contributed by atoms with E-state index in [4.69, 9.17) is 5.11 Å². The monoisotopic (exact) mass is 268 g/mol. The van der Waals surface area contributed by atoms with E-state index in [1.165, 1.54) is 6.07 Å². The summed E-state index contributed by atoms with van der Waals surface area (Å²) in [5.74, 6) is -6.25. The highest BCUT2D eigenvalue weighted by molar-refractivity contribution is 5.67. The molecule has 18 heavy (non-hydrogen) atoms. The van der Waals surface area contributed by atoms with Gasteiger partial charge in [0.25, 0.3) is 0 Å². The van der Waals surface area contributed by atoms with Crippen LogP contribution in [-0.4, -0.2) is 17.3 Å². The molecule has 0 heterocycles. The first kappa shape index (κ1) is 14.4. The number of alkyl halides is 5. The van der Waals surface area contributed by atoms with Crippen LogP contribution < -0.4 is 0 Å². The van der Waals surface area contributed by atoms with Crippen LogP contribution in [0.4, 0.5) is 22.0 Å². The molecule has 0 atom stereocenters. The maximum atomic E-state index is 13.2. The summed E-state index contributed by atoms with van der Waals surface area (Å²) in [4.78, 5) is 10.3. The topological polar surface area (TPSA) is 37.3 Å². The second kappa shape index (κ2) is 4.91. The van der Waals surface area contributed by atoms with Gasteiger partial charge in [0.15, 0.2) is 0 Å². The number of benzene rings is 1. The van der Waals surface area contributed by atoms with Crippen LogP contribution in [0.3, 0.4) is 0 Å². The van der Waals surface area contributed by atoms with Gasteiger partial charge in [-0.05, 0) is 12.0 Å². The van der Waals surface area contributed by atoms with Crippen molar-refractivity contribution in [2.75, 3.05) is 0 Å². The molecule has 0 fully saturated rings. The number of rotatable bonds is 4. The Morgan fingerprint density at radius 1 is 1.11 bits per heavy atom. The first-order valence-electron chi connectivity index (χ1n) is 4.91. The summed E-state index contributed by atoms with van der Waals surface area (Å²) in [6, 6.07) is 4.06. The number of carbonyl (C=O) groups is 1. The summed E-state index contributed by atoms with van der Waals surface area (Å²) in [5.41, 5.74) is -1.51. The van der Waals surface area contributed by atoms with Crippen LogP contribution in [0.1, 0.15) is 17.5 Å². The molecule has 0 aliphatic carbocycles. The van der Waals surface area contributed by atoms with Gasteiger partial charge in [-0.15, -0.1) is 0 Å². The van der Waals surface area contributed by atoms with Crippen molar-refractivity contribution >= 4 is 5.97 Å². The molecule has 1 aromatic carbocycles. The number of hydrogen-bond acceptors (Lipinski definition) is 1. The van der Waals surface area contributed by atoms with Gasteiger partial charge in [-0.3, -0.25) is 4.79 Å². The second-order valence-corrected chi connectivity index (χ2v) is 3.62. The summed E-state index contributed by atoms with van der Waals surface area (Å²) in [6.07, 6.45) is -6.59. The van der Waals surface area contributed by atoms with Crippen LogP contribution in [0.5, 0.6) is 0 Å². The number of halogens is 5. The van der Waals surface area contributed by atoms with E-state index in [0.717, 1.165) is 12.1 Å². The Morgan fingerprint density at radius 2 is 1.67 bits per heavy atom. The normalized spacial score (nSPS) is 12.5. The lowest BCUT2D eigenvalue weighted by Gasteiger charge is -2.22. The van der Waals surface area contributed by atoms with E-state index in [1.807, 2.05) is 0 Å². The fraction of sp³-hybridized carbons (Fsp3) is 0.364. The number of hydrogen-bond donors (Lipinski definition) is 1. The van der Waals surface area contributed by atoms with E-state index < -0.39 is 30.1 Å². The third kappa shape index (κ3) is 2.96. The smallest absolute Gasteiger partial charge is 0.458 e. The SMILES string of the molecule is O=C(O)CCc1ccccc1C(F)(F)C(F)(F)F. The average molecular weight is 268 g/mol. The number of carboxylic acid groups (broad SMARTS) is 1. The van der Waals surface area contributed by atoms with Crippen LogP contribution in [-0.2, 0) is 17.1 Å². The highest BCUT2D eigenvalue weighted by Gasteiger charge is 2.59. The first-order valence-corrected chi connectivity index (χ1v) is 4.91. The maximum absolute atomic E-state index is 13.2. The molecular formula is C11H9F5O2. The largest absolute Gasteiger partial charge is 0.481 e. The van der Waals surface area contributed by atoms with Crippen LogP contribution in [0.25, 0.3) is 0 Å². The zero-order valence-electron chi connectivity index (χ0n) is 8.97. The van der Waals surface area contributed by atoms with E-state index >= 15 is 0 Å². The molecule has 0 bridgehead atoms. The third-order valence-corrected chi connectivity index (χ3v) is 2.32. The van der Waals surface area contributed by atoms with Crippen LogP contribution in [0.2, 0.25) is 0 Å². The van der Waals surface area contributed by atoms with Crippen molar-refractivity contribution in [3.8, 4) is 0 Å². The predicted molar refractivity (Wildman–Crippen MR) is 52.3 cm³/mol. The van der Waals surface area contributed by atoms with Crippen molar-refractivity contribution in [2.45, 2.75) is 24.9 Å². The number of aliphatic carboxylic acids is 1. The van der Waals surface area contributed by atoms with Gasteiger partial charge in [-0.1, -0.05) is 24.3 Å². The molecule has 0 spiro atoms. The summed E-state index contributed by atoms with van der Waals surface area (Å²) in [7, 11) is 0. The van der Waals surface area contributed by atoms with E-state index in [0.29, 0.717) is 6.07 Å². The van der Waals surface area contributed by atoms with Gasteiger partial charge >= 0.3 is 18.1 Å². The quantitative estimate of drug-likeness (QED) is 0.850. The van der Waals surface area contributed by atoms with Crippen molar-refractivity contribution in [3.63, 3.8) is 0 Å². The van der Waals surface area contributed by atoms with Gasteiger partial charge in [0, 0.05) is 12.0 Å². The van der Waals surface area contributed by atoms with E-state index in [9.17, 15) is 26.7 Å². The molecule has 0 radical (unpaired) electrons. The predicted octanol–water partition coefficient (Wildman–Crippen LogP) is 3.36. The van der Waals surface area contributed by atoms with Crippen molar-refractivity contribution in [2.24, 2.45) is 0 Å². The fourth-order valence-corrected chi connectivity index (χ4v) is 1.44. The van der Waals surface area contributed by atoms with E-state index in [1.54, 1.807) is 0 Å². The van der Waals surface area contributed by atoms with Gasteiger partial charge in [0.1, 0.15) is 0 Å². The highest BCUT2D eigenvalue weighted by atomic mass is 19.4. The van der Waals surface area contributed by atoms with Crippen molar-refractivity contribution in [1.29, 1.82) is 0 Å². The standard InChI is InChI=1S/C11H9F5O2/c12-10(13,11(14,15)16)8-4-2-1-3-7(8)5-6-9(17)18/h1-4H,5-6H2,(H,17,18). The molecular weight excluding hydrogens is 259 g/mol. The molecule has 0 unspecified atom stereocenters. The lowest BCUT2D eigenvalue weighted by molar-refractivity contribution is -0.289. The number of aryl methyl sites for hydroxylation is 1. The molecule has 1 rings (SSSR count). The molecule has 100 valence electrons. The number of carboxylic acids is 1. The van der Waals surface area contributed by atoms with Gasteiger partial charge in [-0.25, -0.2) is 0 Å². The molecule has 2 nitrogen and oxygen atoms in total. The van der Waals surface area contributed by atoms with E-state index in [-0.39, 0.29) is 12.0 Å². The summed E-state index contributed by atoms with van der Waals surface area (Å²) < 4.78 is 63.0. The van der Waals surface area contributed by atoms with E-state index in [2.05, 4.69) is 0 Å². The summed E-state index contributed by atoms with van der Waals surface area (Å²) >= 11 is 0. The van der Waals surface area contributed by atoms with Crippen LogP contribution in [0, 0.1) is 0 Å². The average Bonchev–Trinajstić information content (AvgIpc) is 2.25. The molecule has 0 amide bonds. The Balaban J connectivity index is 3.13. The Morgan fingerprint density at radius 3 is 2.17 bits per heavy atom. The van der Waals surface area contributed by atoms with Gasteiger partial charge < -0.3 is 5.11 Å². The molecule has 0 saturated heterocycles. The summed E-state index contributed by atoms with van der Waals surface area (Å²) in [5, 5.41) is 8.42. The fourth-order valence-electron chi connectivity index (χ4n) is 1.44. The second-order valence-electron chi connectivity index (χ2n) is 3.62. The molecule has 0 saturated carbocycles. The Hall–Kier alpha value is -1.66. The first-order chi connectivity index (χ1) is 8.16. The summed E-state index contributed by atoms with van der Waals surface area (Å²) in [6.45, 7) is 0.